The number of pyridine rings is 1. The number of rotatable bonds is 4. The highest BCUT2D eigenvalue weighted by molar-refractivity contribution is 5.96. The maximum atomic E-state index is 12.8. The third-order valence-corrected chi connectivity index (χ3v) is 5.19. The van der Waals surface area contributed by atoms with Crippen LogP contribution in [0.5, 0.6) is 0 Å². The number of fused-ring (bicyclic) bond motifs is 1. The van der Waals surface area contributed by atoms with Gasteiger partial charge in [-0.25, -0.2) is 4.98 Å². The summed E-state index contributed by atoms with van der Waals surface area (Å²) >= 11 is 0. The fourth-order valence-electron chi connectivity index (χ4n) is 3.62. The Kier molecular flexibility index (Phi) is 4.79. The van der Waals surface area contributed by atoms with E-state index >= 15 is 0 Å². The van der Waals surface area contributed by atoms with Gasteiger partial charge < -0.3 is 9.30 Å². The second-order valence-electron chi connectivity index (χ2n) is 6.97. The minimum Gasteiger partial charge on any atom is -0.336 e. The van der Waals surface area contributed by atoms with E-state index in [1.165, 1.54) is 6.07 Å². The number of hydrogen-bond acceptors (Lipinski definition) is 5. The summed E-state index contributed by atoms with van der Waals surface area (Å²) < 4.78 is 2.00. The Bertz CT molecular complexity index is 1000. The molecule has 4 rings (SSSR count). The first-order valence-corrected chi connectivity index (χ1v) is 9.21. The number of amides is 1. The summed E-state index contributed by atoms with van der Waals surface area (Å²) in [7, 11) is 0. The second kappa shape index (κ2) is 7.40. The molecule has 2 aromatic heterocycles. The number of nitrogens with zero attached hydrogens (tertiary/aromatic N) is 5. The Labute approximate surface area is 162 Å². The number of nitro groups is 1. The molecule has 0 aliphatic carbocycles. The quantitative estimate of drug-likeness (QED) is 0.514. The predicted molar refractivity (Wildman–Crippen MR) is 104 cm³/mol. The monoisotopic (exact) mass is 379 g/mol. The molecule has 1 aromatic carbocycles. The van der Waals surface area contributed by atoms with Crippen LogP contribution in [-0.4, -0.2) is 56.2 Å². The largest absolute Gasteiger partial charge is 0.336 e. The molecule has 28 heavy (non-hydrogen) atoms. The average Bonchev–Trinajstić information content (AvgIpc) is 3.10. The molecule has 1 saturated heterocycles. The van der Waals surface area contributed by atoms with Crippen molar-refractivity contribution in [3.63, 3.8) is 0 Å². The lowest BCUT2D eigenvalue weighted by Crippen LogP contribution is -2.48. The molecule has 0 N–H and O–H groups in total. The molecule has 144 valence electrons. The molecule has 8 nitrogen and oxygen atoms in total. The van der Waals surface area contributed by atoms with Crippen molar-refractivity contribution in [2.75, 3.05) is 26.2 Å². The lowest BCUT2D eigenvalue weighted by molar-refractivity contribution is -0.385. The van der Waals surface area contributed by atoms with Gasteiger partial charge in [0.25, 0.3) is 11.6 Å². The van der Waals surface area contributed by atoms with Crippen LogP contribution in [0.4, 0.5) is 5.69 Å². The van der Waals surface area contributed by atoms with Crippen LogP contribution in [0, 0.1) is 17.0 Å². The first kappa shape index (κ1) is 18.1. The van der Waals surface area contributed by atoms with Crippen molar-refractivity contribution < 1.29 is 9.72 Å². The molecular weight excluding hydrogens is 358 g/mol. The van der Waals surface area contributed by atoms with Gasteiger partial charge in [0.2, 0.25) is 0 Å². The molecule has 0 bridgehead atoms. The number of imidazole rings is 1. The zero-order valence-corrected chi connectivity index (χ0v) is 15.6. The van der Waals surface area contributed by atoms with Crippen LogP contribution >= 0.6 is 0 Å². The maximum absolute atomic E-state index is 12.8. The van der Waals surface area contributed by atoms with Crippen molar-refractivity contribution in [1.82, 2.24) is 19.2 Å². The Hall–Kier alpha value is -3.26. The van der Waals surface area contributed by atoms with Gasteiger partial charge in [-0.1, -0.05) is 12.1 Å². The van der Waals surface area contributed by atoms with Gasteiger partial charge in [0, 0.05) is 62.3 Å². The molecule has 1 aliphatic heterocycles. The SMILES string of the molecule is Cc1c(C(=O)N2CCN(Cc3cn4ccccc4n3)CC2)cccc1[N+](=O)[O-]. The zero-order valence-electron chi connectivity index (χ0n) is 15.6. The molecule has 1 amide bonds. The number of hydrogen-bond donors (Lipinski definition) is 0. The number of carbonyl (C=O) groups excluding carboxylic acids is 1. The van der Waals surface area contributed by atoms with E-state index < -0.39 is 4.92 Å². The summed E-state index contributed by atoms with van der Waals surface area (Å²) in [5.41, 5.74) is 2.73. The second-order valence-corrected chi connectivity index (χ2v) is 6.97. The molecule has 0 atom stereocenters. The maximum Gasteiger partial charge on any atom is 0.273 e. The van der Waals surface area contributed by atoms with Gasteiger partial charge in [-0.15, -0.1) is 0 Å². The highest BCUT2D eigenvalue weighted by atomic mass is 16.6. The molecule has 0 unspecified atom stereocenters. The summed E-state index contributed by atoms with van der Waals surface area (Å²) in [4.78, 5) is 32.2. The highest BCUT2D eigenvalue weighted by Gasteiger charge is 2.26. The average molecular weight is 379 g/mol. The van der Waals surface area contributed by atoms with Crippen molar-refractivity contribution in [2.24, 2.45) is 0 Å². The van der Waals surface area contributed by atoms with Gasteiger partial charge in [0.05, 0.1) is 10.6 Å². The van der Waals surface area contributed by atoms with Gasteiger partial charge in [-0.3, -0.25) is 19.8 Å². The first-order valence-electron chi connectivity index (χ1n) is 9.21. The normalized spacial score (nSPS) is 15.1. The van der Waals surface area contributed by atoms with E-state index in [-0.39, 0.29) is 11.6 Å². The molecular formula is C20H21N5O3. The van der Waals surface area contributed by atoms with Gasteiger partial charge >= 0.3 is 0 Å². The Balaban J connectivity index is 1.40. The van der Waals surface area contributed by atoms with E-state index in [9.17, 15) is 14.9 Å². The van der Waals surface area contributed by atoms with Crippen molar-refractivity contribution in [3.05, 3.63) is 75.7 Å². The van der Waals surface area contributed by atoms with Crippen molar-refractivity contribution >= 4 is 17.2 Å². The number of nitro benzene ring substituents is 1. The molecule has 1 aliphatic rings. The van der Waals surface area contributed by atoms with E-state index in [1.54, 1.807) is 24.0 Å². The predicted octanol–water partition coefficient (Wildman–Crippen LogP) is 2.51. The molecule has 1 fully saturated rings. The summed E-state index contributed by atoms with van der Waals surface area (Å²) in [6.45, 7) is 5.04. The van der Waals surface area contributed by atoms with Crippen LogP contribution in [0.15, 0.2) is 48.8 Å². The molecule has 0 spiro atoms. The van der Waals surface area contributed by atoms with Crippen LogP contribution in [-0.2, 0) is 6.54 Å². The topological polar surface area (TPSA) is 84.0 Å². The molecule has 3 heterocycles. The van der Waals surface area contributed by atoms with Crippen LogP contribution in [0.1, 0.15) is 21.6 Å². The van der Waals surface area contributed by atoms with Crippen molar-refractivity contribution in [1.29, 1.82) is 0 Å². The van der Waals surface area contributed by atoms with Gasteiger partial charge in [-0.05, 0) is 25.1 Å². The Morgan fingerprint density at radius 3 is 2.64 bits per heavy atom. The van der Waals surface area contributed by atoms with Crippen LogP contribution in [0.25, 0.3) is 5.65 Å². The minimum atomic E-state index is -0.446. The van der Waals surface area contributed by atoms with E-state index in [0.717, 1.165) is 31.0 Å². The van der Waals surface area contributed by atoms with Crippen LogP contribution in [0.2, 0.25) is 0 Å². The van der Waals surface area contributed by atoms with E-state index in [0.29, 0.717) is 24.2 Å². The standard InChI is InChI=1S/C20H21N5O3/c1-15-17(5-4-6-18(15)25(27)28)20(26)23-11-9-22(10-12-23)13-16-14-24-8-3-2-7-19(24)21-16/h2-8,14H,9-13H2,1H3. The van der Waals surface area contributed by atoms with Gasteiger partial charge in [0.15, 0.2) is 0 Å². The molecule has 0 radical (unpaired) electrons. The zero-order chi connectivity index (χ0) is 19.7. The first-order chi connectivity index (χ1) is 13.5. The van der Waals surface area contributed by atoms with Crippen LogP contribution < -0.4 is 0 Å². The smallest absolute Gasteiger partial charge is 0.273 e. The van der Waals surface area contributed by atoms with Crippen molar-refractivity contribution in [2.45, 2.75) is 13.5 Å². The number of aromatic nitrogens is 2. The lowest BCUT2D eigenvalue weighted by Gasteiger charge is -2.34. The molecule has 8 heteroatoms. The van der Waals surface area contributed by atoms with E-state index in [4.69, 9.17) is 0 Å². The minimum absolute atomic E-state index is 0.0173. The van der Waals surface area contributed by atoms with Gasteiger partial charge in [-0.2, -0.15) is 0 Å². The summed E-state index contributed by atoms with van der Waals surface area (Å²) in [6.07, 6.45) is 4.00. The van der Waals surface area contributed by atoms with E-state index in [2.05, 4.69) is 9.88 Å². The third kappa shape index (κ3) is 3.46. The number of benzene rings is 1. The fraction of sp³-hybridized carbons (Fsp3) is 0.300. The van der Waals surface area contributed by atoms with Gasteiger partial charge in [0.1, 0.15) is 5.65 Å². The molecule has 3 aromatic rings. The lowest BCUT2D eigenvalue weighted by atomic mass is 10.1. The summed E-state index contributed by atoms with van der Waals surface area (Å²) in [6, 6.07) is 10.6. The Morgan fingerprint density at radius 2 is 1.93 bits per heavy atom. The number of carbonyl (C=O) groups is 1. The Morgan fingerprint density at radius 1 is 1.14 bits per heavy atom. The van der Waals surface area contributed by atoms with E-state index in [1.807, 2.05) is 35.0 Å². The summed E-state index contributed by atoms with van der Waals surface area (Å²) in [5.74, 6) is -0.145. The summed E-state index contributed by atoms with van der Waals surface area (Å²) in [5, 5.41) is 11.1. The fourth-order valence-corrected chi connectivity index (χ4v) is 3.62. The van der Waals surface area contributed by atoms with Crippen molar-refractivity contribution in [3.8, 4) is 0 Å². The van der Waals surface area contributed by atoms with Crippen LogP contribution in [0.3, 0.4) is 0 Å². The number of piperazine rings is 1. The third-order valence-electron chi connectivity index (χ3n) is 5.19. The highest BCUT2D eigenvalue weighted by Crippen LogP contribution is 2.23. The molecule has 0 saturated carbocycles.